The zero-order valence-corrected chi connectivity index (χ0v) is 23.9. The van der Waals surface area contributed by atoms with Gasteiger partial charge in [0.25, 0.3) is 0 Å². The molecule has 8 nitrogen and oxygen atoms in total. The van der Waals surface area contributed by atoms with Crippen molar-refractivity contribution in [1.29, 1.82) is 0 Å². The van der Waals surface area contributed by atoms with Crippen LogP contribution in [0.25, 0.3) is 11.3 Å². The van der Waals surface area contributed by atoms with Gasteiger partial charge in [0.05, 0.1) is 0 Å². The van der Waals surface area contributed by atoms with Gasteiger partial charge in [-0.15, -0.1) is 0 Å². The van der Waals surface area contributed by atoms with Gasteiger partial charge in [-0.1, -0.05) is 17.7 Å². The molecule has 1 aliphatic heterocycles. The number of ether oxygens (including phenoxy) is 1. The fourth-order valence-electron chi connectivity index (χ4n) is 3.78. The number of hydrogen-bond acceptors (Lipinski definition) is 6. The summed E-state index contributed by atoms with van der Waals surface area (Å²) in [4.78, 5) is 29.1. The minimum atomic E-state index is -3.31. The van der Waals surface area contributed by atoms with Crippen LogP contribution in [-0.4, -0.2) is 57.9 Å². The molecule has 0 saturated carbocycles. The molecule has 0 atom stereocenters. The first-order valence-electron chi connectivity index (χ1n) is 11.5. The van der Waals surface area contributed by atoms with Crippen molar-refractivity contribution in [3.63, 3.8) is 0 Å². The van der Waals surface area contributed by atoms with Gasteiger partial charge in [0.1, 0.15) is 0 Å². The zero-order valence-electron chi connectivity index (χ0n) is 20.2. The number of alkyl halides is 3. The molecule has 1 saturated heterocycles. The monoisotopic (exact) mass is 655 g/mol. The number of sulfone groups is 1. The van der Waals surface area contributed by atoms with Crippen LogP contribution < -0.4 is 15.4 Å². The Kier molecular flexibility index (Phi) is 9.04. The van der Waals surface area contributed by atoms with Gasteiger partial charge >= 0.3 is 189 Å². The second kappa shape index (κ2) is 12.2. The molecular formula is C26H27ClIN3O5S. The van der Waals surface area contributed by atoms with Crippen LogP contribution >= 0.6 is 31.4 Å². The average molecular weight is 656 g/mol. The molecule has 2 aromatic carbocycles. The summed E-state index contributed by atoms with van der Waals surface area (Å²) in [6.07, 6.45) is 2.83. The third-order valence-electron chi connectivity index (χ3n) is 5.51. The topological polar surface area (TPSA) is 114 Å². The van der Waals surface area contributed by atoms with E-state index in [-0.39, 0.29) is 17.6 Å². The van der Waals surface area contributed by atoms with Gasteiger partial charge in [0, 0.05) is 6.20 Å². The van der Waals surface area contributed by atoms with E-state index in [2.05, 4.69) is 15.6 Å². The first-order chi connectivity index (χ1) is 17.7. The number of carbonyl (C=O) groups excluding carboxylic acids is 2. The van der Waals surface area contributed by atoms with Gasteiger partial charge in [-0.2, -0.15) is 0 Å². The molecule has 1 fully saturated rings. The van der Waals surface area contributed by atoms with Crippen molar-refractivity contribution in [2.45, 2.75) is 5.75 Å². The van der Waals surface area contributed by atoms with Crippen LogP contribution in [-0.2, 0) is 20.4 Å². The van der Waals surface area contributed by atoms with Crippen molar-refractivity contribution < 1.29 is 22.7 Å². The zero-order chi connectivity index (χ0) is 26.4. The summed E-state index contributed by atoms with van der Waals surface area (Å²) >= 11 is 4.92. The number of aromatic nitrogens is 1. The number of hydrogen-bond donors (Lipinski definition) is 2. The maximum absolute atomic E-state index is 13.1. The Hall–Kier alpha value is -2.70. The summed E-state index contributed by atoms with van der Waals surface area (Å²) in [6, 6.07) is 15.4. The molecule has 3 aromatic rings. The SMILES string of the molecule is CS(=O)(=O)Cc1ccc(C(=O)Nc2ccc(Cl)c(-c3ccccn3)c2)cc1OCCI1CCNC(=O)C1. The first-order valence-corrected chi connectivity index (χ1v) is 18.5. The van der Waals surface area contributed by atoms with Crippen LogP contribution in [0, 0.1) is 0 Å². The van der Waals surface area contributed by atoms with Gasteiger partial charge in [-0.05, 0) is 12.1 Å². The number of halogens is 2. The number of nitrogens with zero attached hydrogens (tertiary/aromatic N) is 1. The van der Waals surface area contributed by atoms with Crippen molar-refractivity contribution in [2.24, 2.45) is 0 Å². The van der Waals surface area contributed by atoms with Crippen LogP contribution in [0.5, 0.6) is 5.75 Å². The summed E-state index contributed by atoms with van der Waals surface area (Å²) in [5.41, 5.74) is 2.74. The fourth-order valence-corrected chi connectivity index (χ4v) is 9.23. The molecule has 0 radical (unpaired) electrons. The van der Waals surface area contributed by atoms with Crippen LogP contribution in [0.4, 0.5) is 5.69 Å². The van der Waals surface area contributed by atoms with E-state index in [1.54, 1.807) is 42.6 Å². The van der Waals surface area contributed by atoms with E-state index in [9.17, 15) is 18.0 Å². The normalized spacial score (nSPS) is 14.6. The average Bonchev–Trinajstić information content (AvgIpc) is 2.86. The van der Waals surface area contributed by atoms with Crippen molar-refractivity contribution in [1.82, 2.24) is 10.3 Å². The summed E-state index contributed by atoms with van der Waals surface area (Å²) < 4.78 is 32.4. The van der Waals surface area contributed by atoms with Crippen molar-refractivity contribution in [3.05, 3.63) is 76.9 Å². The summed E-state index contributed by atoms with van der Waals surface area (Å²) in [5.74, 6) is -0.105. The van der Waals surface area contributed by atoms with Gasteiger partial charge in [-0.25, -0.2) is 0 Å². The molecule has 0 aliphatic carbocycles. The Morgan fingerprint density at radius 2 is 2.03 bits per heavy atom. The van der Waals surface area contributed by atoms with E-state index >= 15 is 0 Å². The number of benzene rings is 2. The van der Waals surface area contributed by atoms with E-state index in [1.165, 1.54) is 0 Å². The second-order valence-electron chi connectivity index (χ2n) is 8.53. The molecule has 1 aromatic heterocycles. The summed E-state index contributed by atoms with van der Waals surface area (Å²) in [5, 5.41) is 6.23. The molecule has 2 amide bonds. The Balaban J connectivity index is 1.51. The molecule has 4 rings (SSSR count). The van der Waals surface area contributed by atoms with Gasteiger partial charge in [0.2, 0.25) is 0 Å². The van der Waals surface area contributed by atoms with Crippen molar-refractivity contribution >= 4 is 58.8 Å². The minimum absolute atomic E-state index is 0.0984. The molecule has 2 N–H and O–H groups in total. The van der Waals surface area contributed by atoms with E-state index in [0.29, 0.717) is 56.4 Å². The number of nitrogens with one attached hydrogen (secondary N) is 2. The molecular weight excluding hydrogens is 629 g/mol. The van der Waals surface area contributed by atoms with E-state index in [1.807, 2.05) is 18.2 Å². The number of anilines is 1. The van der Waals surface area contributed by atoms with Gasteiger partial charge < -0.3 is 0 Å². The Morgan fingerprint density at radius 3 is 2.76 bits per heavy atom. The molecule has 196 valence electrons. The van der Waals surface area contributed by atoms with Crippen LogP contribution in [0.3, 0.4) is 0 Å². The molecule has 0 unspecified atom stereocenters. The van der Waals surface area contributed by atoms with E-state index in [4.69, 9.17) is 16.3 Å². The van der Waals surface area contributed by atoms with Crippen LogP contribution in [0.2, 0.25) is 5.02 Å². The number of pyridine rings is 1. The Labute approximate surface area is 228 Å². The molecule has 1 aliphatic rings. The standard InChI is InChI=1S/C26H27ClIN3O5S/c1-37(34,35)17-19-6-5-18(14-24(19)36-13-10-28-9-12-30-25(32)16-28)26(33)31-20-7-8-22(27)21(15-20)23-4-2-3-11-29-23/h2-8,11,14-15H,9-10,12-13,16-17H2,1H3,(H,30,32)(H,31,33). The quantitative estimate of drug-likeness (QED) is 0.264. The maximum atomic E-state index is 13.1. The Morgan fingerprint density at radius 1 is 1.19 bits per heavy atom. The summed E-state index contributed by atoms with van der Waals surface area (Å²) in [6.45, 7) is 1.09. The first kappa shape index (κ1) is 27.3. The predicted octanol–water partition coefficient (Wildman–Crippen LogP) is 4.21. The van der Waals surface area contributed by atoms with E-state index < -0.39 is 29.7 Å². The molecule has 2 heterocycles. The fraction of sp³-hybridized carbons (Fsp3) is 0.269. The Bertz CT molecular complexity index is 1400. The number of amides is 2. The van der Waals surface area contributed by atoms with E-state index in [0.717, 1.165) is 15.1 Å². The van der Waals surface area contributed by atoms with Crippen LogP contribution in [0.15, 0.2) is 60.8 Å². The molecule has 37 heavy (non-hydrogen) atoms. The third kappa shape index (κ3) is 7.89. The predicted molar refractivity (Wildman–Crippen MR) is 155 cm³/mol. The van der Waals surface area contributed by atoms with Gasteiger partial charge in [0.15, 0.2) is 0 Å². The number of rotatable bonds is 9. The van der Waals surface area contributed by atoms with Gasteiger partial charge in [-0.3, -0.25) is 4.98 Å². The molecule has 0 spiro atoms. The molecule has 11 heteroatoms. The molecule has 0 bridgehead atoms. The van der Waals surface area contributed by atoms with Crippen molar-refractivity contribution in [2.75, 3.05) is 38.0 Å². The second-order valence-corrected chi connectivity index (χ2v) is 17.2. The third-order valence-corrected chi connectivity index (χ3v) is 12.5. The van der Waals surface area contributed by atoms with Crippen molar-refractivity contribution in [3.8, 4) is 17.0 Å². The number of carbonyl (C=O) groups is 2. The van der Waals surface area contributed by atoms with Crippen LogP contribution in [0.1, 0.15) is 15.9 Å². The summed E-state index contributed by atoms with van der Waals surface area (Å²) in [7, 11) is -3.31.